The third kappa shape index (κ3) is 6.85. The number of hydrogen-bond donors (Lipinski definition) is 1. The maximum Gasteiger partial charge on any atom is 0.341 e. The van der Waals surface area contributed by atoms with E-state index in [4.69, 9.17) is 37.4 Å². The van der Waals surface area contributed by atoms with Gasteiger partial charge >= 0.3 is 18.0 Å². The molecule has 0 atom stereocenters. The van der Waals surface area contributed by atoms with Crippen molar-refractivity contribution in [2.24, 2.45) is 0 Å². The van der Waals surface area contributed by atoms with Crippen LogP contribution in [0.1, 0.15) is 41.5 Å². The highest BCUT2D eigenvalue weighted by Gasteiger charge is 2.27. The molecule has 34 heavy (non-hydrogen) atoms. The van der Waals surface area contributed by atoms with E-state index in [0.717, 1.165) is 4.90 Å². The van der Waals surface area contributed by atoms with Crippen LogP contribution in [0.3, 0.4) is 0 Å². The number of nitrogens with zero attached hydrogens (tertiary/aromatic N) is 1. The first kappa shape index (κ1) is 26.9. The Labute approximate surface area is 206 Å². The van der Waals surface area contributed by atoms with Gasteiger partial charge in [0.1, 0.15) is 23.5 Å². The summed E-state index contributed by atoms with van der Waals surface area (Å²) in [6.45, 7) is 4.47. The molecule has 0 unspecified atom stereocenters. The Bertz CT molecular complexity index is 1090. The lowest BCUT2D eigenvalue weighted by molar-refractivity contribution is -0.152. The van der Waals surface area contributed by atoms with Crippen LogP contribution in [-0.2, 0) is 14.3 Å². The van der Waals surface area contributed by atoms with Crippen molar-refractivity contribution in [3.05, 3.63) is 57.6 Å². The van der Waals surface area contributed by atoms with Crippen molar-refractivity contribution in [3.8, 4) is 5.75 Å². The van der Waals surface area contributed by atoms with Gasteiger partial charge in [-0.2, -0.15) is 0 Å². The average molecular weight is 511 g/mol. The lowest BCUT2D eigenvalue weighted by Gasteiger charge is -2.26. The maximum atomic E-state index is 13.1. The quantitative estimate of drug-likeness (QED) is 0.569. The monoisotopic (exact) mass is 510 g/mol. The molecule has 9 nitrogen and oxygen atoms in total. The zero-order valence-corrected chi connectivity index (χ0v) is 20.7. The molecule has 2 rings (SSSR count). The molecule has 0 saturated carbocycles. The van der Waals surface area contributed by atoms with Gasteiger partial charge in [0.05, 0.1) is 29.8 Å². The molecule has 0 aliphatic heterocycles. The minimum Gasteiger partial charge on any atom is -0.496 e. The van der Waals surface area contributed by atoms with E-state index in [1.165, 1.54) is 44.6 Å². The molecule has 0 bridgehead atoms. The lowest BCUT2D eigenvalue weighted by atomic mass is 10.1. The van der Waals surface area contributed by atoms with Crippen molar-refractivity contribution in [2.45, 2.75) is 26.4 Å². The minimum atomic E-state index is -0.959. The number of halogens is 2. The van der Waals surface area contributed by atoms with Crippen LogP contribution in [0.5, 0.6) is 5.75 Å². The van der Waals surface area contributed by atoms with E-state index < -0.39 is 36.0 Å². The second-order valence-corrected chi connectivity index (χ2v) is 8.72. The summed E-state index contributed by atoms with van der Waals surface area (Å²) >= 11 is 12.1. The summed E-state index contributed by atoms with van der Waals surface area (Å²) in [6, 6.07) is 7.59. The highest BCUT2D eigenvalue weighted by molar-refractivity contribution is 6.40. The van der Waals surface area contributed by atoms with E-state index in [9.17, 15) is 19.2 Å². The van der Waals surface area contributed by atoms with Crippen LogP contribution in [0, 0.1) is 0 Å². The number of hydrogen-bond acceptors (Lipinski definition) is 7. The van der Waals surface area contributed by atoms with Gasteiger partial charge in [-0.25, -0.2) is 9.59 Å². The summed E-state index contributed by atoms with van der Waals surface area (Å²) in [6.07, 6.45) is 0. The van der Waals surface area contributed by atoms with Gasteiger partial charge in [0.25, 0.3) is 5.91 Å². The first-order valence-corrected chi connectivity index (χ1v) is 10.7. The molecule has 3 amide bonds. The van der Waals surface area contributed by atoms with Gasteiger partial charge < -0.3 is 14.2 Å². The predicted octanol–water partition coefficient (Wildman–Crippen LogP) is 4.49. The summed E-state index contributed by atoms with van der Waals surface area (Å²) in [5.41, 5.74) is -0.668. The third-order valence-electron chi connectivity index (χ3n) is 4.26. The fourth-order valence-corrected chi connectivity index (χ4v) is 3.42. The van der Waals surface area contributed by atoms with Crippen molar-refractivity contribution >= 4 is 52.8 Å². The van der Waals surface area contributed by atoms with Crippen molar-refractivity contribution in [3.63, 3.8) is 0 Å². The van der Waals surface area contributed by atoms with E-state index in [-0.39, 0.29) is 32.6 Å². The number of urea groups is 1. The van der Waals surface area contributed by atoms with Crippen LogP contribution < -0.4 is 15.0 Å². The first-order chi connectivity index (χ1) is 15.9. The summed E-state index contributed by atoms with van der Waals surface area (Å²) in [5, 5.41) is 2.25. The SMILES string of the molecule is COC(=O)c1ccc(N(CC(=O)OC(C)(C)C)C(=O)NC(=O)c2c(Cl)cccc2Cl)cc1OC. The second-order valence-electron chi connectivity index (χ2n) is 7.90. The van der Waals surface area contributed by atoms with Crippen LogP contribution in [0.4, 0.5) is 10.5 Å². The number of ether oxygens (including phenoxy) is 3. The Morgan fingerprint density at radius 2 is 1.62 bits per heavy atom. The molecule has 0 spiro atoms. The number of nitrogens with one attached hydrogen (secondary N) is 1. The Morgan fingerprint density at radius 3 is 2.15 bits per heavy atom. The molecule has 2 aromatic rings. The zero-order chi connectivity index (χ0) is 25.6. The maximum absolute atomic E-state index is 13.1. The predicted molar refractivity (Wildman–Crippen MR) is 127 cm³/mol. The van der Waals surface area contributed by atoms with Crippen molar-refractivity contribution < 1.29 is 33.4 Å². The van der Waals surface area contributed by atoms with Gasteiger partial charge in [0.2, 0.25) is 0 Å². The Hall–Kier alpha value is -3.30. The second kappa shape index (κ2) is 11.2. The Balaban J connectivity index is 2.43. The van der Waals surface area contributed by atoms with Gasteiger partial charge in [-0.3, -0.25) is 19.8 Å². The molecule has 0 aliphatic rings. The summed E-state index contributed by atoms with van der Waals surface area (Å²) in [5.74, 6) is -2.17. The molecular weight excluding hydrogens is 487 g/mol. The highest BCUT2D eigenvalue weighted by atomic mass is 35.5. The molecule has 0 heterocycles. The Kier molecular flexibility index (Phi) is 8.89. The average Bonchev–Trinajstić information content (AvgIpc) is 2.75. The number of benzene rings is 2. The van der Waals surface area contributed by atoms with Gasteiger partial charge in [-0.15, -0.1) is 0 Å². The van der Waals surface area contributed by atoms with Gasteiger partial charge in [-0.05, 0) is 45.0 Å². The summed E-state index contributed by atoms with van der Waals surface area (Å²) < 4.78 is 15.3. The summed E-state index contributed by atoms with van der Waals surface area (Å²) in [7, 11) is 2.54. The lowest BCUT2D eigenvalue weighted by Crippen LogP contribution is -2.46. The van der Waals surface area contributed by atoms with Crippen molar-refractivity contribution in [2.75, 3.05) is 25.7 Å². The third-order valence-corrected chi connectivity index (χ3v) is 4.89. The van der Waals surface area contributed by atoms with Crippen molar-refractivity contribution in [1.29, 1.82) is 0 Å². The molecule has 0 aromatic heterocycles. The Morgan fingerprint density at radius 1 is 1.00 bits per heavy atom. The molecule has 0 radical (unpaired) electrons. The zero-order valence-electron chi connectivity index (χ0n) is 19.2. The fourth-order valence-electron chi connectivity index (χ4n) is 2.85. The van der Waals surface area contributed by atoms with Gasteiger partial charge in [-0.1, -0.05) is 29.3 Å². The van der Waals surface area contributed by atoms with Gasteiger partial charge in [0, 0.05) is 11.8 Å². The smallest absolute Gasteiger partial charge is 0.341 e. The van der Waals surface area contributed by atoms with E-state index in [0.29, 0.717) is 0 Å². The summed E-state index contributed by atoms with van der Waals surface area (Å²) in [4.78, 5) is 51.3. The van der Waals surface area contributed by atoms with E-state index >= 15 is 0 Å². The molecule has 0 aliphatic carbocycles. The number of esters is 2. The van der Waals surface area contributed by atoms with Crippen LogP contribution >= 0.6 is 23.2 Å². The molecule has 0 saturated heterocycles. The number of anilines is 1. The van der Waals surface area contributed by atoms with Crippen LogP contribution in [0.15, 0.2) is 36.4 Å². The standard InChI is InChI=1S/C23H24Cl2N2O7/c1-23(2,3)34-18(28)12-27(13-9-10-14(21(30)33-5)17(11-13)32-4)22(31)26-20(29)19-15(24)7-6-8-16(19)25/h6-11H,12H2,1-5H3,(H,26,29,31). The number of rotatable bonds is 6. The number of methoxy groups -OCH3 is 2. The molecule has 2 aromatic carbocycles. The molecular formula is C23H24Cl2N2O7. The molecule has 1 N–H and O–H groups in total. The number of amides is 3. The molecule has 0 fully saturated rings. The van der Waals surface area contributed by atoms with E-state index in [1.807, 2.05) is 0 Å². The van der Waals surface area contributed by atoms with Crippen molar-refractivity contribution in [1.82, 2.24) is 5.32 Å². The largest absolute Gasteiger partial charge is 0.496 e. The number of imide groups is 1. The topological polar surface area (TPSA) is 111 Å². The van der Waals surface area contributed by atoms with E-state index in [1.54, 1.807) is 26.8 Å². The molecule has 11 heteroatoms. The van der Waals surface area contributed by atoms with E-state index in [2.05, 4.69) is 5.32 Å². The fraction of sp³-hybridized carbons (Fsp3) is 0.304. The number of carbonyl (C=O) groups excluding carboxylic acids is 4. The molecule has 182 valence electrons. The van der Waals surface area contributed by atoms with Gasteiger partial charge in [0.15, 0.2) is 0 Å². The highest BCUT2D eigenvalue weighted by Crippen LogP contribution is 2.28. The van der Waals surface area contributed by atoms with Crippen LogP contribution in [-0.4, -0.2) is 50.2 Å². The minimum absolute atomic E-state index is 0.0422. The first-order valence-electron chi connectivity index (χ1n) is 9.93. The van der Waals surface area contributed by atoms with Crippen LogP contribution in [0.2, 0.25) is 10.0 Å². The normalized spacial score (nSPS) is 10.8. The van der Waals surface area contributed by atoms with Crippen LogP contribution in [0.25, 0.3) is 0 Å². The number of carbonyl (C=O) groups is 4.